The van der Waals surface area contributed by atoms with Crippen LogP contribution < -0.4 is 10.6 Å². The Hall–Kier alpha value is -1.56. The normalized spacial score (nSPS) is 18.4. The molecule has 6 nitrogen and oxygen atoms in total. The molecule has 1 aliphatic rings. The van der Waals surface area contributed by atoms with Crippen molar-refractivity contribution in [2.24, 2.45) is 5.92 Å². The number of anilines is 1. The van der Waals surface area contributed by atoms with Gasteiger partial charge in [-0.2, -0.15) is 5.10 Å². The van der Waals surface area contributed by atoms with Crippen LogP contribution in [-0.2, 0) is 5.54 Å². The Morgan fingerprint density at radius 3 is 2.55 bits per heavy atom. The lowest BCUT2D eigenvalue weighted by Crippen LogP contribution is -2.52. The first-order valence-electron chi connectivity index (χ1n) is 7.00. The van der Waals surface area contributed by atoms with Crippen LogP contribution in [0.25, 0.3) is 0 Å². The fourth-order valence-electron chi connectivity index (χ4n) is 2.17. The number of aromatic nitrogens is 2. The van der Waals surface area contributed by atoms with E-state index >= 15 is 0 Å². The SMILES string of the molecule is CC(CO)(NC(=O)Nc1cnn(C(C)(C)C)c1)C1CC1. The zero-order valence-corrected chi connectivity index (χ0v) is 12.6. The van der Waals surface area contributed by atoms with Crippen LogP contribution in [0.15, 0.2) is 12.4 Å². The van der Waals surface area contributed by atoms with E-state index in [1.165, 1.54) is 0 Å². The number of nitrogens with one attached hydrogen (secondary N) is 2. The molecule has 1 heterocycles. The quantitative estimate of drug-likeness (QED) is 0.788. The number of aliphatic hydroxyl groups is 1. The van der Waals surface area contributed by atoms with E-state index in [2.05, 4.69) is 15.7 Å². The molecular formula is C14H24N4O2. The van der Waals surface area contributed by atoms with Gasteiger partial charge in [-0.25, -0.2) is 4.79 Å². The molecule has 1 unspecified atom stereocenters. The molecule has 0 aliphatic heterocycles. The van der Waals surface area contributed by atoms with E-state index in [9.17, 15) is 9.90 Å². The van der Waals surface area contributed by atoms with Gasteiger partial charge in [0.25, 0.3) is 0 Å². The highest BCUT2D eigenvalue weighted by atomic mass is 16.3. The topological polar surface area (TPSA) is 79.2 Å². The van der Waals surface area contributed by atoms with Crippen molar-refractivity contribution in [2.45, 2.75) is 51.6 Å². The molecule has 0 spiro atoms. The van der Waals surface area contributed by atoms with E-state index in [4.69, 9.17) is 0 Å². The third-order valence-electron chi connectivity index (χ3n) is 3.73. The Labute approximate surface area is 119 Å². The van der Waals surface area contributed by atoms with Crippen molar-refractivity contribution in [2.75, 3.05) is 11.9 Å². The van der Waals surface area contributed by atoms with Crippen molar-refractivity contribution >= 4 is 11.7 Å². The van der Waals surface area contributed by atoms with Crippen LogP contribution in [0.5, 0.6) is 0 Å². The van der Waals surface area contributed by atoms with Gasteiger partial charge in [-0.05, 0) is 46.5 Å². The molecule has 1 fully saturated rings. The fourth-order valence-corrected chi connectivity index (χ4v) is 2.17. The summed E-state index contributed by atoms with van der Waals surface area (Å²) in [5, 5.41) is 19.3. The van der Waals surface area contributed by atoms with Gasteiger partial charge >= 0.3 is 6.03 Å². The van der Waals surface area contributed by atoms with Crippen molar-refractivity contribution in [3.63, 3.8) is 0 Å². The van der Waals surface area contributed by atoms with Crippen LogP contribution in [0.2, 0.25) is 0 Å². The molecule has 1 aromatic rings. The molecule has 0 saturated heterocycles. The molecule has 112 valence electrons. The first kappa shape index (κ1) is 14.8. The van der Waals surface area contributed by atoms with Crippen molar-refractivity contribution < 1.29 is 9.90 Å². The smallest absolute Gasteiger partial charge is 0.319 e. The van der Waals surface area contributed by atoms with Crippen molar-refractivity contribution in [1.82, 2.24) is 15.1 Å². The molecule has 1 aliphatic carbocycles. The number of urea groups is 1. The van der Waals surface area contributed by atoms with Crippen molar-refractivity contribution in [1.29, 1.82) is 0 Å². The average Bonchev–Trinajstić information content (AvgIpc) is 3.09. The summed E-state index contributed by atoms with van der Waals surface area (Å²) in [6.07, 6.45) is 5.53. The molecule has 6 heteroatoms. The van der Waals surface area contributed by atoms with Gasteiger partial charge in [0.2, 0.25) is 0 Å². The van der Waals surface area contributed by atoms with Gasteiger partial charge in [0.05, 0.1) is 29.6 Å². The van der Waals surface area contributed by atoms with Crippen molar-refractivity contribution in [3.8, 4) is 0 Å². The van der Waals surface area contributed by atoms with Crippen LogP contribution in [0.4, 0.5) is 10.5 Å². The molecule has 1 aromatic heterocycles. The summed E-state index contributed by atoms with van der Waals surface area (Å²) in [6, 6.07) is -0.304. The first-order chi connectivity index (χ1) is 9.24. The maximum absolute atomic E-state index is 12.0. The Morgan fingerprint density at radius 2 is 2.10 bits per heavy atom. The summed E-state index contributed by atoms with van der Waals surface area (Å²) in [4.78, 5) is 12.0. The van der Waals surface area contributed by atoms with Crippen LogP contribution in [0.1, 0.15) is 40.5 Å². The lowest BCUT2D eigenvalue weighted by Gasteiger charge is -2.28. The molecule has 2 amide bonds. The minimum Gasteiger partial charge on any atom is -0.394 e. The molecule has 3 N–H and O–H groups in total. The van der Waals surface area contributed by atoms with E-state index in [-0.39, 0.29) is 18.2 Å². The average molecular weight is 280 g/mol. The van der Waals surface area contributed by atoms with E-state index in [1.807, 2.05) is 27.7 Å². The van der Waals surface area contributed by atoms with Crippen LogP contribution in [-0.4, -0.2) is 33.1 Å². The monoisotopic (exact) mass is 280 g/mol. The van der Waals surface area contributed by atoms with E-state index in [0.717, 1.165) is 12.8 Å². The number of carbonyl (C=O) groups is 1. The number of hydrogen-bond acceptors (Lipinski definition) is 3. The third-order valence-corrected chi connectivity index (χ3v) is 3.73. The molecular weight excluding hydrogens is 256 g/mol. The van der Waals surface area contributed by atoms with E-state index < -0.39 is 5.54 Å². The highest BCUT2D eigenvalue weighted by molar-refractivity contribution is 5.89. The molecule has 0 bridgehead atoms. The maximum atomic E-state index is 12.0. The summed E-state index contributed by atoms with van der Waals surface area (Å²) in [5.74, 6) is 0.371. The number of amides is 2. The molecule has 1 saturated carbocycles. The lowest BCUT2D eigenvalue weighted by molar-refractivity contribution is 0.159. The van der Waals surface area contributed by atoms with Gasteiger partial charge in [-0.3, -0.25) is 4.68 Å². The Balaban J connectivity index is 1.96. The minimum absolute atomic E-state index is 0.0493. The molecule has 0 aromatic carbocycles. The number of hydrogen-bond donors (Lipinski definition) is 3. The second kappa shape index (κ2) is 5.09. The highest BCUT2D eigenvalue weighted by Gasteiger charge is 2.42. The Kier molecular flexibility index (Phi) is 3.77. The third kappa shape index (κ3) is 3.30. The Bertz CT molecular complexity index is 488. The molecule has 2 rings (SSSR count). The predicted molar refractivity (Wildman–Crippen MR) is 77.6 cm³/mol. The fraction of sp³-hybridized carbons (Fsp3) is 0.714. The minimum atomic E-state index is -0.538. The molecule has 1 atom stereocenters. The van der Waals surface area contributed by atoms with Gasteiger partial charge in [0, 0.05) is 6.20 Å². The maximum Gasteiger partial charge on any atom is 0.319 e. The molecule has 20 heavy (non-hydrogen) atoms. The van der Waals surface area contributed by atoms with Crippen LogP contribution in [0.3, 0.4) is 0 Å². The summed E-state index contributed by atoms with van der Waals surface area (Å²) in [6.45, 7) is 7.95. The van der Waals surface area contributed by atoms with E-state index in [0.29, 0.717) is 11.6 Å². The number of carbonyl (C=O) groups excluding carboxylic acids is 1. The zero-order valence-electron chi connectivity index (χ0n) is 12.6. The second-order valence-electron chi connectivity index (χ2n) is 6.77. The summed E-state index contributed by atoms with van der Waals surface area (Å²) in [5.41, 5.74) is -0.0118. The van der Waals surface area contributed by atoms with Gasteiger partial charge in [0.1, 0.15) is 0 Å². The van der Waals surface area contributed by atoms with Crippen LogP contribution in [0, 0.1) is 5.92 Å². The van der Waals surface area contributed by atoms with Gasteiger partial charge in [0.15, 0.2) is 0 Å². The summed E-state index contributed by atoms with van der Waals surface area (Å²) < 4.78 is 1.80. The van der Waals surface area contributed by atoms with Gasteiger partial charge in [-0.15, -0.1) is 0 Å². The Morgan fingerprint density at radius 1 is 1.45 bits per heavy atom. The van der Waals surface area contributed by atoms with Gasteiger partial charge < -0.3 is 15.7 Å². The predicted octanol–water partition coefficient (Wildman–Crippen LogP) is 1.92. The standard InChI is InChI=1S/C14H24N4O2/c1-13(2,3)18-8-11(7-15-18)16-12(20)17-14(4,9-19)10-5-6-10/h7-8,10,19H,5-6,9H2,1-4H3,(H2,16,17,20). The lowest BCUT2D eigenvalue weighted by atomic mass is 9.97. The first-order valence-corrected chi connectivity index (χ1v) is 7.00. The van der Waals surface area contributed by atoms with E-state index in [1.54, 1.807) is 17.1 Å². The highest BCUT2D eigenvalue weighted by Crippen LogP contribution is 2.39. The number of aliphatic hydroxyl groups excluding tert-OH is 1. The number of rotatable bonds is 4. The van der Waals surface area contributed by atoms with Crippen molar-refractivity contribution in [3.05, 3.63) is 12.4 Å². The van der Waals surface area contributed by atoms with Gasteiger partial charge in [-0.1, -0.05) is 0 Å². The largest absolute Gasteiger partial charge is 0.394 e. The summed E-state index contributed by atoms with van der Waals surface area (Å²) >= 11 is 0. The second-order valence-corrected chi connectivity index (χ2v) is 6.77. The summed E-state index contributed by atoms with van der Waals surface area (Å²) in [7, 11) is 0. The molecule has 0 radical (unpaired) electrons. The van der Waals surface area contributed by atoms with Crippen LogP contribution >= 0.6 is 0 Å². The number of nitrogens with zero attached hydrogens (tertiary/aromatic N) is 2. The zero-order chi connectivity index (χ0) is 15.0.